The van der Waals surface area contributed by atoms with Crippen LogP contribution in [0.25, 0.3) is 0 Å². The minimum absolute atomic E-state index is 0.130. The lowest BCUT2D eigenvalue weighted by Crippen LogP contribution is -2.50. The average molecular weight is 266 g/mol. The monoisotopic (exact) mass is 266 g/mol. The summed E-state index contributed by atoms with van der Waals surface area (Å²) in [6.45, 7) is 7.10. The normalized spacial score (nSPS) is 13.7. The molecule has 0 N–H and O–H groups in total. The number of benzene rings is 1. The molecule has 1 atom stereocenters. The first kappa shape index (κ1) is 14.6. The van der Waals surface area contributed by atoms with Crippen molar-refractivity contribution in [3.05, 3.63) is 42.5 Å². The van der Waals surface area contributed by atoms with E-state index in [0.717, 1.165) is 16.8 Å². The standard InChI is InChI=1S/C13H18O4Si/c1-5-13(14)16-10-17-18(4,15-3)12-8-6-7-11(2)9-12/h5-9H,1,10H2,2-4H3. The molecule has 0 aliphatic rings. The third-order valence-corrected chi connectivity index (χ3v) is 5.44. The summed E-state index contributed by atoms with van der Waals surface area (Å²) in [6.07, 6.45) is 1.10. The fraction of sp³-hybridized carbons (Fsp3) is 0.308. The zero-order valence-electron chi connectivity index (χ0n) is 10.9. The molecule has 0 saturated heterocycles. The van der Waals surface area contributed by atoms with Crippen molar-refractivity contribution in [3.8, 4) is 0 Å². The van der Waals surface area contributed by atoms with Crippen LogP contribution in [0, 0.1) is 6.92 Å². The molecule has 1 rings (SSSR count). The molecule has 1 unspecified atom stereocenters. The summed E-state index contributed by atoms with van der Waals surface area (Å²) < 4.78 is 15.9. The summed E-state index contributed by atoms with van der Waals surface area (Å²) >= 11 is 0. The van der Waals surface area contributed by atoms with Crippen LogP contribution < -0.4 is 5.19 Å². The second kappa shape index (κ2) is 6.49. The van der Waals surface area contributed by atoms with Gasteiger partial charge in [0.05, 0.1) is 0 Å². The quantitative estimate of drug-likeness (QED) is 0.340. The highest BCUT2D eigenvalue weighted by Crippen LogP contribution is 2.08. The highest BCUT2D eigenvalue weighted by molar-refractivity contribution is 6.79. The van der Waals surface area contributed by atoms with Crippen molar-refractivity contribution in [2.24, 2.45) is 0 Å². The second-order valence-electron chi connectivity index (χ2n) is 3.95. The summed E-state index contributed by atoms with van der Waals surface area (Å²) in [6, 6.07) is 7.93. The maximum atomic E-state index is 10.9. The SMILES string of the molecule is C=CC(=O)OCO[Si](C)(OC)c1cccc(C)c1. The number of aryl methyl sites for hydroxylation is 1. The lowest BCUT2D eigenvalue weighted by molar-refractivity contribution is -0.145. The molecule has 0 bridgehead atoms. The molecule has 0 fully saturated rings. The topological polar surface area (TPSA) is 44.8 Å². The number of carbonyl (C=O) groups excluding carboxylic acids is 1. The van der Waals surface area contributed by atoms with E-state index in [2.05, 4.69) is 6.58 Å². The molecular weight excluding hydrogens is 248 g/mol. The third-order valence-electron chi connectivity index (χ3n) is 2.63. The Morgan fingerprint density at radius 3 is 2.78 bits per heavy atom. The number of ether oxygens (including phenoxy) is 1. The van der Waals surface area contributed by atoms with E-state index in [9.17, 15) is 4.79 Å². The van der Waals surface area contributed by atoms with Crippen LogP contribution in [0.3, 0.4) is 0 Å². The van der Waals surface area contributed by atoms with Gasteiger partial charge in [0, 0.05) is 13.2 Å². The molecule has 0 aliphatic heterocycles. The maximum Gasteiger partial charge on any atom is 0.371 e. The molecule has 4 nitrogen and oxygen atoms in total. The van der Waals surface area contributed by atoms with Crippen LogP contribution in [0.5, 0.6) is 0 Å². The van der Waals surface area contributed by atoms with Crippen molar-refractivity contribution >= 4 is 19.7 Å². The zero-order valence-corrected chi connectivity index (χ0v) is 11.9. The van der Waals surface area contributed by atoms with Gasteiger partial charge in [0.15, 0.2) is 6.79 Å². The number of rotatable bonds is 6. The lowest BCUT2D eigenvalue weighted by atomic mass is 10.2. The molecule has 1 aromatic carbocycles. The third kappa shape index (κ3) is 3.80. The lowest BCUT2D eigenvalue weighted by Gasteiger charge is -2.25. The average Bonchev–Trinajstić information content (AvgIpc) is 2.38. The predicted octanol–water partition coefficient (Wildman–Crippen LogP) is 1.62. The Morgan fingerprint density at radius 2 is 2.22 bits per heavy atom. The summed E-state index contributed by atoms with van der Waals surface area (Å²) in [5.41, 5.74) is 1.13. The minimum atomic E-state index is -2.52. The van der Waals surface area contributed by atoms with E-state index in [4.69, 9.17) is 13.6 Å². The van der Waals surface area contributed by atoms with E-state index in [1.54, 1.807) is 7.11 Å². The van der Waals surface area contributed by atoms with Crippen LogP contribution >= 0.6 is 0 Å². The van der Waals surface area contributed by atoms with Crippen molar-refractivity contribution in [1.29, 1.82) is 0 Å². The summed E-state index contributed by atoms with van der Waals surface area (Å²) in [5.74, 6) is -0.508. The fourth-order valence-electron chi connectivity index (χ4n) is 1.45. The number of esters is 1. The Morgan fingerprint density at radius 1 is 1.50 bits per heavy atom. The van der Waals surface area contributed by atoms with Gasteiger partial charge in [-0.05, 0) is 18.7 Å². The first-order valence-corrected chi connectivity index (χ1v) is 7.89. The first-order valence-electron chi connectivity index (χ1n) is 5.57. The van der Waals surface area contributed by atoms with Crippen LogP contribution in [-0.4, -0.2) is 28.4 Å². The van der Waals surface area contributed by atoms with Crippen LogP contribution in [-0.2, 0) is 18.4 Å². The van der Waals surface area contributed by atoms with Gasteiger partial charge in [-0.2, -0.15) is 0 Å². The van der Waals surface area contributed by atoms with Crippen LogP contribution in [0.15, 0.2) is 36.9 Å². The van der Waals surface area contributed by atoms with Gasteiger partial charge in [-0.3, -0.25) is 0 Å². The summed E-state index contributed by atoms with van der Waals surface area (Å²) in [4.78, 5) is 10.9. The fourth-order valence-corrected chi connectivity index (χ4v) is 3.14. The van der Waals surface area contributed by atoms with Crippen LogP contribution in [0.1, 0.15) is 5.56 Å². The molecule has 0 aromatic heterocycles. The Kier molecular flexibility index (Phi) is 5.27. The van der Waals surface area contributed by atoms with Crippen LogP contribution in [0.2, 0.25) is 6.55 Å². The molecule has 0 radical (unpaired) electrons. The maximum absolute atomic E-state index is 10.9. The Bertz CT molecular complexity index is 433. The van der Waals surface area contributed by atoms with Crippen molar-refractivity contribution in [1.82, 2.24) is 0 Å². The van der Waals surface area contributed by atoms with E-state index in [1.807, 2.05) is 37.7 Å². The van der Waals surface area contributed by atoms with E-state index in [0.29, 0.717) is 0 Å². The van der Waals surface area contributed by atoms with Gasteiger partial charge in [-0.1, -0.05) is 36.4 Å². The summed E-state index contributed by atoms with van der Waals surface area (Å²) in [7, 11) is -0.921. The first-order chi connectivity index (χ1) is 8.51. The van der Waals surface area contributed by atoms with Crippen LogP contribution in [0.4, 0.5) is 0 Å². The molecule has 1 aromatic rings. The second-order valence-corrected chi connectivity index (χ2v) is 7.11. The molecular formula is C13H18O4Si. The van der Waals surface area contributed by atoms with E-state index >= 15 is 0 Å². The number of hydrogen-bond acceptors (Lipinski definition) is 4. The molecule has 0 heterocycles. The summed E-state index contributed by atoms with van der Waals surface area (Å²) in [5, 5.41) is 1.000. The molecule has 98 valence electrons. The molecule has 18 heavy (non-hydrogen) atoms. The highest BCUT2D eigenvalue weighted by Gasteiger charge is 2.33. The minimum Gasteiger partial charge on any atom is -0.436 e. The Hall–Kier alpha value is -1.43. The molecule has 0 saturated carbocycles. The van der Waals surface area contributed by atoms with Gasteiger partial charge in [0.1, 0.15) is 0 Å². The molecule has 5 heteroatoms. The molecule has 0 aliphatic carbocycles. The Balaban J connectivity index is 2.73. The van der Waals surface area contributed by atoms with Gasteiger partial charge < -0.3 is 13.6 Å². The van der Waals surface area contributed by atoms with Gasteiger partial charge in [-0.25, -0.2) is 4.79 Å². The van der Waals surface area contributed by atoms with Crippen molar-refractivity contribution in [3.63, 3.8) is 0 Å². The van der Waals surface area contributed by atoms with E-state index in [1.165, 1.54) is 0 Å². The molecule has 0 amide bonds. The zero-order chi connectivity index (χ0) is 13.6. The van der Waals surface area contributed by atoms with Gasteiger partial charge >= 0.3 is 14.5 Å². The van der Waals surface area contributed by atoms with Crippen molar-refractivity contribution in [2.75, 3.05) is 13.9 Å². The van der Waals surface area contributed by atoms with Gasteiger partial charge in [-0.15, -0.1) is 0 Å². The Labute approximate surface area is 108 Å². The number of carbonyl (C=O) groups is 1. The van der Waals surface area contributed by atoms with Gasteiger partial charge in [0.25, 0.3) is 0 Å². The predicted molar refractivity (Wildman–Crippen MR) is 71.7 cm³/mol. The largest absolute Gasteiger partial charge is 0.436 e. The van der Waals surface area contributed by atoms with Gasteiger partial charge in [0.2, 0.25) is 0 Å². The van der Waals surface area contributed by atoms with Crippen molar-refractivity contribution < 1.29 is 18.4 Å². The van der Waals surface area contributed by atoms with E-state index < -0.39 is 14.5 Å². The number of hydrogen-bond donors (Lipinski definition) is 0. The van der Waals surface area contributed by atoms with Crippen molar-refractivity contribution in [2.45, 2.75) is 13.5 Å². The van der Waals surface area contributed by atoms with E-state index in [-0.39, 0.29) is 6.79 Å². The highest BCUT2D eigenvalue weighted by atomic mass is 28.4. The smallest absolute Gasteiger partial charge is 0.371 e. The molecule has 0 spiro atoms.